The van der Waals surface area contributed by atoms with Crippen molar-refractivity contribution < 1.29 is 28.8 Å². The molecule has 0 spiro atoms. The highest BCUT2D eigenvalue weighted by Gasteiger charge is 2.37. The van der Waals surface area contributed by atoms with Crippen LogP contribution in [0.25, 0.3) is 10.8 Å². The summed E-state index contributed by atoms with van der Waals surface area (Å²) in [5, 5.41) is 35.9. The van der Waals surface area contributed by atoms with Crippen LogP contribution in [0.1, 0.15) is 5.56 Å². The largest absolute Gasteiger partial charge is 0.388 e. The summed E-state index contributed by atoms with van der Waals surface area (Å²) in [5.74, 6) is 0. The molecule has 8 heteroatoms. The molecule has 1 aliphatic rings. The standard InChI is InChI=1S/C20H22ClF2NO4/c21-15-6-5-11(13-3-1-2-4-14(13)15)7-8-24-16-9-12(10-28-20(22)23)17(25)19(27)18(16)26/h1-6,9,16-20,24-27H,7-8,10H2/t16-,17+,18+,19+/m1/s1. The number of fused-ring (bicyclic) bond motifs is 1. The van der Waals surface area contributed by atoms with Gasteiger partial charge in [-0.1, -0.05) is 48.0 Å². The van der Waals surface area contributed by atoms with E-state index in [-0.39, 0.29) is 5.57 Å². The monoisotopic (exact) mass is 413 g/mol. The van der Waals surface area contributed by atoms with Crippen molar-refractivity contribution in [1.82, 2.24) is 5.32 Å². The smallest absolute Gasteiger partial charge is 0.345 e. The van der Waals surface area contributed by atoms with Crippen molar-refractivity contribution in [1.29, 1.82) is 0 Å². The molecule has 0 saturated carbocycles. The van der Waals surface area contributed by atoms with Crippen LogP contribution in [0.2, 0.25) is 5.02 Å². The summed E-state index contributed by atoms with van der Waals surface area (Å²) < 4.78 is 28.8. The summed E-state index contributed by atoms with van der Waals surface area (Å²) in [6, 6.07) is 10.8. The molecule has 152 valence electrons. The highest BCUT2D eigenvalue weighted by molar-refractivity contribution is 6.35. The van der Waals surface area contributed by atoms with Gasteiger partial charge in [-0.2, -0.15) is 8.78 Å². The highest BCUT2D eigenvalue weighted by atomic mass is 35.5. The second-order valence-corrected chi connectivity index (χ2v) is 7.13. The Kier molecular flexibility index (Phi) is 6.98. The van der Waals surface area contributed by atoms with Crippen LogP contribution in [-0.2, 0) is 11.2 Å². The number of benzene rings is 2. The Labute approximate surface area is 166 Å². The average Bonchev–Trinajstić information content (AvgIpc) is 2.69. The molecule has 2 aromatic carbocycles. The minimum absolute atomic E-state index is 0.104. The summed E-state index contributed by atoms with van der Waals surface area (Å²) in [4.78, 5) is 0. The number of aliphatic hydroxyl groups is 3. The van der Waals surface area contributed by atoms with Gasteiger partial charge in [0.15, 0.2) is 0 Å². The topological polar surface area (TPSA) is 82.0 Å². The van der Waals surface area contributed by atoms with Crippen molar-refractivity contribution >= 4 is 22.4 Å². The normalized spacial score (nSPS) is 25.3. The lowest BCUT2D eigenvalue weighted by Crippen LogP contribution is -2.54. The van der Waals surface area contributed by atoms with Crippen molar-refractivity contribution in [2.75, 3.05) is 13.2 Å². The van der Waals surface area contributed by atoms with Crippen LogP contribution in [0, 0.1) is 0 Å². The average molecular weight is 414 g/mol. The van der Waals surface area contributed by atoms with Crippen molar-refractivity contribution in [2.24, 2.45) is 0 Å². The van der Waals surface area contributed by atoms with E-state index in [0.29, 0.717) is 18.0 Å². The van der Waals surface area contributed by atoms with E-state index in [1.54, 1.807) is 0 Å². The number of hydrogen-bond acceptors (Lipinski definition) is 5. The van der Waals surface area contributed by atoms with Crippen LogP contribution in [0.4, 0.5) is 8.78 Å². The molecule has 5 nitrogen and oxygen atoms in total. The summed E-state index contributed by atoms with van der Waals surface area (Å²) >= 11 is 6.23. The third-order valence-corrected chi connectivity index (χ3v) is 5.26. The van der Waals surface area contributed by atoms with Crippen molar-refractivity contribution in [3.8, 4) is 0 Å². The summed E-state index contributed by atoms with van der Waals surface area (Å²) in [7, 11) is 0. The maximum absolute atomic E-state index is 12.3. The minimum Gasteiger partial charge on any atom is -0.388 e. The third kappa shape index (κ3) is 4.68. The number of aliphatic hydroxyl groups excluding tert-OH is 3. The van der Waals surface area contributed by atoms with Gasteiger partial charge >= 0.3 is 6.61 Å². The molecule has 0 aliphatic heterocycles. The second kappa shape index (κ2) is 9.26. The van der Waals surface area contributed by atoms with Gasteiger partial charge < -0.3 is 25.4 Å². The van der Waals surface area contributed by atoms with Gasteiger partial charge in [-0.25, -0.2) is 0 Å². The fraction of sp³-hybridized carbons (Fsp3) is 0.400. The van der Waals surface area contributed by atoms with E-state index in [1.165, 1.54) is 6.08 Å². The Morgan fingerprint density at radius 2 is 1.75 bits per heavy atom. The second-order valence-electron chi connectivity index (χ2n) is 6.72. The van der Waals surface area contributed by atoms with Gasteiger partial charge in [-0.15, -0.1) is 0 Å². The van der Waals surface area contributed by atoms with Crippen molar-refractivity contribution in [2.45, 2.75) is 37.4 Å². The maximum Gasteiger partial charge on any atom is 0.345 e. The lowest BCUT2D eigenvalue weighted by molar-refractivity contribution is -0.129. The first kappa shape index (κ1) is 21.1. The lowest BCUT2D eigenvalue weighted by Gasteiger charge is -2.35. The van der Waals surface area contributed by atoms with Crippen LogP contribution in [0.15, 0.2) is 48.0 Å². The quantitative estimate of drug-likeness (QED) is 0.523. The van der Waals surface area contributed by atoms with Crippen LogP contribution in [-0.4, -0.2) is 59.4 Å². The van der Waals surface area contributed by atoms with Gasteiger partial charge in [0, 0.05) is 10.4 Å². The number of hydrogen-bond donors (Lipinski definition) is 4. The summed E-state index contributed by atoms with van der Waals surface area (Å²) in [6.07, 6.45) is -2.16. The highest BCUT2D eigenvalue weighted by Crippen LogP contribution is 2.27. The molecule has 0 heterocycles. The van der Waals surface area contributed by atoms with Crippen LogP contribution >= 0.6 is 11.6 Å². The Bertz CT molecular complexity index is 848. The van der Waals surface area contributed by atoms with E-state index in [0.717, 1.165) is 16.3 Å². The van der Waals surface area contributed by atoms with Crippen LogP contribution in [0.3, 0.4) is 0 Å². The van der Waals surface area contributed by atoms with E-state index < -0.39 is 37.6 Å². The lowest BCUT2D eigenvalue weighted by atomic mass is 9.88. The van der Waals surface area contributed by atoms with Crippen molar-refractivity contribution in [3.05, 3.63) is 58.6 Å². The maximum atomic E-state index is 12.3. The SMILES string of the molecule is O[C@@H]1[C@@H](O)[C@@H](O)C(COC(F)F)=C[C@H]1NCCc1ccc(Cl)c2ccccc12. The first-order chi connectivity index (χ1) is 13.4. The van der Waals surface area contributed by atoms with Crippen LogP contribution in [0.5, 0.6) is 0 Å². The van der Waals surface area contributed by atoms with Crippen molar-refractivity contribution in [3.63, 3.8) is 0 Å². The predicted molar refractivity (Wildman–Crippen MR) is 103 cm³/mol. The molecule has 0 saturated heterocycles. The molecule has 0 bridgehead atoms. The van der Waals surface area contributed by atoms with E-state index in [2.05, 4.69) is 10.1 Å². The Hall–Kier alpha value is -1.61. The van der Waals surface area contributed by atoms with Gasteiger partial charge in [0.25, 0.3) is 0 Å². The molecular formula is C20H22ClF2NO4. The molecule has 1 aliphatic carbocycles. The van der Waals surface area contributed by atoms with Gasteiger partial charge in [-0.05, 0) is 35.6 Å². The molecule has 0 unspecified atom stereocenters. The molecule has 3 rings (SSSR count). The van der Waals surface area contributed by atoms with Gasteiger partial charge in [-0.3, -0.25) is 0 Å². The zero-order valence-corrected chi connectivity index (χ0v) is 15.7. The Morgan fingerprint density at radius 1 is 1.04 bits per heavy atom. The first-order valence-corrected chi connectivity index (χ1v) is 9.30. The summed E-state index contributed by atoms with van der Waals surface area (Å²) in [5.41, 5.74) is 1.16. The first-order valence-electron chi connectivity index (χ1n) is 8.92. The number of rotatable bonds is 7. The zero-order valence-electron chi connectivity index (χ0n) is 14.9. The van der Waals surface area contributed by atoms with Gasteiger partial charge in [0.05, 0.1) is 12.6 Å². The van der Waals surface area contributed by atoms with E-state index in [4.69, 9.17) is 11.6 Å². The number of alkyl halides is 2. The summed E-state index contributed by atoms with van der Waals surface area (Å²) in [6.45, 7) is -3.06. The molecule has 4 atom stereocenters. The molecular weight excluding hydrogens is 392 g/mol. The number of halogens is 3. The molecule has 0 radical (unpaired) electrons. The van der Waals surface area contributed by atoms with Crippen LogP contribution < -0.4 is 5.32 Å². The van der Waals surface area contributed by atoms with E-state index in [9.17, 15) is 24.1 Å². The fourth-order valence-electron chi connectivity index (χ4n) is 3.43. The molecule has 2 aromatic rings. The predicted octanol–water partition coefficient (Wildman–Crippen LogP) is 2.26. The molecule has 0 aromatic heterocycles. The number of nitrogens with one attached hydrogen (secondary N) is 1. The molecule has 4 N–H and O–H groups in total. The van der Waals surface area contributed by atoms with Gasteiger partial charge in [0.1, 0.15) is 18.3 Å². The van der Waals surface area contributed by atoms with E-state index in [1.807, 2.05) is 36.4 Å². The molecule has 0 amide bonds. The third-order valence-electron chi connectivity index (χ3n) is 4.93. The Morgan fingerprint density at radius 3 is 2.46 bits per heavy atom. The Balaban J connectivity index is 1.69. The minimum atomic E-state index is -2.98. The molecule has 0 fully saturated rings. The fourth-order valence-corrected chi connectivity index (χ4v) is 3.66. The number of ether oxygens (including phenoxy) is 1. The van der Waals surface area contributed by atoms with Gasteiger partial charge in [0.2, 0.25) is 0 Å². The molecule has 28 heavy (non-hydrogen) atoms. The zero-order chi connectivity index (χ0) is 20.3. The van der Waals surface area contributed by atoms with E-state index >= 15 is 0 Å².